The molecule has 3 aromatic rings. The SMILES string of the molecule is COCCNC(=O)[C@@H](Cc1ccccc1)N(Cc1ccc(Cl)cc1)C(=O)Cc1ccccc1. The molecular weight excluding hydrogens is 436 g/mol. The molecule has 5 nitrogen and oxygen atoms in total. The standard InChI is InChI=1S/C27H29ClN2O3/c1-33-17-16-29-27(32)25(18-21-8-4-2-5-9-21)30(20-23-12-14-24(28)15-13-23)26(31)19-22-10-6-3-7-11-22/h2-15,25H,16-20H2,1H3,(H,29,32)/t25-/m1/s1. The van der Waals surface area contributed by atoms with E-state index < -0.39 is 6.04 Å². The minimum absolute atomic E-state index is 0.112. The van der Waals surface area contributed by atoms with E-state index in [1.807, 2.05) is 72.8 Å². The Morgan fingerprint density at radius 3 is 2.09 bits per heavy atom. The van der Waals surface area contributed by atoms with Gasteiger partial charge >= 0.3 is 0 Å². The minimum atomic E-state index is -0.670. The predicted molar refractivity (Wildman–Crippen MR) is 131 cm³/mol. The highest BCUT2D eigenvalue weighted by atomic mass is 35.5. The summed E-state index contributed by atoms with van der Waals surface area (Å²) in [6, 6.07) is 26.0. The molecule has 0 aliphatic heterocycles. The molecule has 172 valence electrons. The molecule has 0 saturated carbocycles. The van der Waals surface area contributed by atoms with Crippen molar-refractivity contribution in [1.82, 2.24) is 10.2 Å². The Hall–Kier alpha value is -3.15. The number of methoxy groups -OCH3 is 1. The zero-order valence-corrected chi connectivity index (χ0v) is 19.5. The van der Waals surface area contributed by atoms with E-state index >= 15 is 0 Å². The van der Waals surface area contributed by atoms with Crippen LogP contribution in [0.25, 0.3) is 0 Å². The molecule has 0 saturated heterocycles. The quantitative estimate of drug-likeness (QED) is 0.431. The average Bonchev–Trinajstić information content (AvgIpc) is 2.84. The van der Waals surface area contributed by atoms with Crippen molar-refractivity contribution in [2.75, 3.05) is 20.3 Å². The second kappa shape index (κ2) is 12.8. The van der Waals surface area contributed by atoms with E-state index in [1.54, 1.807) is 24.1 Å². The van der Waals surface area contributed by atoms with Crippen molar-refractivity contribution < 1.29 is 14.3 Å². The fourth-order valence-corrected chi connectivity index (χ4v) is 3.73. The monoisotopic (exact) mass is 464 g/mol. The third-order valence-corrected chi connectivity index (χ3v) is 5.59. The van der Waals surface area contributed by atoms with Gasteiger partial charge in [-0.15, -0.1) is 0 Å². The van der Waals surface area contributed by atoms with Crippen molar-refractivity contribution in [2.45, 2.75) is 25.4 Å². The summed E-state index contributed by atoms with van der Waals surface area (Å²) in [4.78, 5) is 28.5. The topological polar surface area (TPSA) is 58.6 Å². The lowest BCUT2D eigenvalue weighted by Gasteiger charge is -2.31. The Morgan fingerprint density at radius 2 is 1.48 bits per heavy atom. The van der Waals surface area contributed by atoms with Gasteiger partial charge in [-0.2, -0.15) is 0 Å². The Bertz CT molecular complexity index is 1010. The molecule has 33 heavy (non-hydrogen) atoms. The minimum Gasteiger partial charge on any atom is -0.383 e. The number of nitrogens with zero attached hydrogens (tertiary/aromatic N) is 1. The van der Waals surface area contributed by atoms with Crippen LogP contribution in [0.1, 0.15) is 16.7 Å². The van der Waals surface area contributed by atoms with Crippen molar-refractivity contribution in [3.63, 3.8) is 0 Å². The van der Waals surface area contributed by atoms with E-state index in [-0.39, 0.29) is 18.2 Å². The van der Waals surface area contributed by atoms with Crippen LogP contribution in [0, 0.1) is 0 Å². The van der Waals surface area contributed by atoms with Gasteiger partial charge in [-0.1, -0.05) is 84.4 Å². The molecule has 1 atom stereocenters. The van der Waals surface area contributed by atoms with Crippen LogP contribution in [-0.4, -0.2) is 43.0 Å². The Morgan fingerprint density at radius 1 is 0.879 bits per heavy atom. The summed E-state index contributed by atoms with van der Waals surface area (Å²) in [5, 5.41) is 3.54. The molecular formula is C27H29ClN2O3. The molecule has 6 heteroatoms. The number of halogens is 1. The Labute approximate surface area is 200 Å². The zero-order valence-electron chi connectivity index (χ0n) is 18.7. The van der Waals surface area contributed by atoms with Gasteiger partial charge in [0.25, 0.3) is 0 Å². The number of amides is 2. The van der Waals surface area contributed by atoms with Crippen LogP contribution in [0.5, 0.6) is 0 Å². The number of rotatable bonds is 11. The van der Waals surface area contributed by atoms with Gasteiger partial charge in [-0.25, -0.2) is 0 Å². The summed E-state index contributed by atoms with van der Waals surface area (Å²) in [5.74, 6) is -0.315. The maximum Gasteiger partial charge on any atom is 0.243 e. The summed E-state index contributed by atoms with van der Waals surface area (Å²) in [7, 11) is 1.59. The van der Waals surface area contributed by atoms with Gasteiger partial charge in [0.1, 0.15) is 6.04 Å². The first-order valence-corrected chi connectivity index (χ1v) is 11.3. The van der Waals surface area contributed by atoms with Crippen LogP contribution in [0.4, 0.5) is 0 Å². The fourth-order valence-electron chi connectivity index (χ4n) is 3.61. The van der Waals surface area contributed by atoms with Crippen molar-refractivity contribution in [1.29, 1.82) is 0 Å². The maximum atomic E-state index is 13.5. The maximum absolute atomic E-state index is 13.5. The van der Waals surface area contributed by atoms with Gasteiger partial charge in [0, 0.05) is 31.6 Å². The van der Waals surface area contributed by atoms with Crippen molar-refractivity contribution in [3.8, 4) is 0 Å². The molecule has 0 bridgehead atoms. The number of hydrogen-bond donors (Lipinski definition) is 1. The van der Waals surface area contributed by atoms with Crippen LogP contribution in [0.2, 0.25) is 5.02 Å². The third kappa shape index (κ3) is 7.74. The normalized spacial score (nSPS) is 11.6. The lowest BCUT2D eigenvalue weighted by atomic mass is 10.0. The zero-order chi connectivity index (χ0) is 23.5. The van der Waals surface area contributed by atoms with Crippen molar-refractivity contribution >= 4 is 23.4 Å². The molecule has 0 aliphatic carbocycles. The predicted octanol–water partition coefficient (Wildman–Crippen LogP) is 4.29. The second-order valence-corrected chi connectivity index (χ2v) is 8.24. The molecule has 0 aliphatic rings. The molecule has 1 N–H and O–H groups in total. The van der Waals surface area contributed by atoms with E-state index in [0.29, 0.717) is 31.1 Å². The van der Waals surface area contributed by atoms with Crippen LogP contribution >= 0.6 is 11.6 Å². The van der Waals surface area contributed by atoms with Crippen LogP contribution in [-0.2, 0) is 33.7 Å². The number of nitrogens with one attached hydrogen (secondary N) is 1. The van der Waals surface area contributed by atoms with Crippen LogP contribution in [0.15, 0.2) is 84.9 Å². The van der Waals surface area contributed by atoms with Crippen molar-refractivity contribution in [3.05, 3.63) is 107 Å². The largest absolute Gasteiger partial charge is 0.383 e. The number of carbonyl (C=O) groups is 2. The molecule has 0 spiro atoms. The molecule has 0 aromatic heterocycles. The van der Waals surface area contributed by atoms with E-state index in [1.165, 1.54) is 0 Å². The van der Waals surface area contributed by atoms with Gasteiger partial charge < -0.3 is 15.0 Å². The van der Waals surface area contributed by atoms with Gasteiger partial charge in [0.15, 0.2) is 0 Å². The first kappa shape index (κ1) is 24.5. The summed E-state index contributed by atoms with van der Waals surface area (Å²) in [5.41, 5.74) is 2.79. The summed E-state index contributed by atoms with van der Waals surface area (Å²) < 4.78 is 5.08. The molecule has 0 heterocycles. The Balaban J connectivity index is 1.91. The highest BCUT2D eigenvalue weighted by molar-refractivity contribution is 6.30. The first-order chi connectivity index (χ1) is 16.1. The second-order valence-electron chi connectivity index (χ2n) is 7.80. The lowest BCUT2D eigenvalue weighted by Crippen LogP contribution is -2.51. The number of hydrogen-bond acceptors (Lipinski definition) is 3. The molecule has 0 radical (unpaired) electrons. The summed E-state index contributed by atoms with van der Waals surface area (Å²) in [6.07, 6.45) is 0.624. The number of carbonyl (C=O) groups excluding carboxylic acids is 2. The van der Waals surface area contributed by atoms with E-state index in [9.17, 15) is 9.59 Å². The smallest absolute Gasteiger partial charge is 0.243 e. The van der Waals surface area contributed by atoms with Crippen LogP contribution in [0.3, 0.4) is 0 Å². The molecule has 0 fully saturated rings. The van der Waals surface area contributed by atoms with E-state index in [4.69, 9.17) is 16.3 Å². The summed E-state index contributed by atoms with van der Waals surface area (Å²) >= 11 is 6.05. The molecule has 0 unspecified atom stereocenters. The van der Waals surface area contributed by atoms with E-state index in [0.717, 1.165) is 16.7 Å². The Kier molecular flexibility index (Phi) is 9.48. The lowest BCUT2D eigenvalue weighted by molar-refractivity contribution is -0.140. The fraction of sp³-hybridized carbons (Fsp3) is 0.259. The van der Waals surface area contributed by atoms with Gasteiger partial charge in [-0.3, -0.25) is 9.59 Å². The molecule has 3 rings (SSSR count). The molecule has 3 aromatic carbocycles. The van der Waals surface area contributed by atoms with Gasteiger partial charge in [0.2, 0.25) is 11.8 Å². The highest BCUT2D eigenvalue weighted by Crippen LogP contribution is 2.18. The number of benzene rings is 3. The van der Waals surface area contributed by atoms with Gasteiger partial charge in [-0.05, 0) is 28.8 Å². The van der Waals surface area contributed by atoms with Gasteiger partial charge in [0.05, 0.1) is 13.0 Å². The highest BCUT2D eigenvalue weighted by Gasteiger charge is 2.30. The summed E-state index contributed by atoms with van der Waals surface area (Å²) in [6.45, 7) is 1.08. The van der Waals surface area contributed by atoms with Crippen molar-refractivity contribution in [2.24, 2.45) is 0 Å². The third-order valence-electron chi connectivity index (χ3n) is 5.34. The molecule has 2 amide bonds. The average molecular weight is 465 g/mol. The van der Waals surface area contributed by atoms with E-state index in [2.05, 4.69) is 5.32 Å². The van der Waals surface area contributed by atoms with Crippen LogP contribution < -0.4 is 5.32 Å². The number of ether oxygens (including phenoxy) is 1. The first-order valence-electron chi connectivity index (χ1n) is 10.9.